The highest BCUT2D eigenvalue weighted by Gasteiger charge is 2.30. The Morgan fingerprint density at radius 3 is 2.83 bits per heavy atom. The lowest BCUT2D eigenvalue weighted by Crippen LogP contribution is -2.38. The number of carbonyl (C=O) groups is 2. The number of halogens is 1. The molecule has 0 saturated carbocycles. The van der Waals surface area contributed by atoms with Gasteiger partial charge in [0, 0.05) is 12.1 Å². The van der Waals surface area contributed by atoms with E-state index in [4.69, 9.17) is 26.8 Å². The van der Waals surface area contributed by atoms with Gasteiger partial charge in [0.05, 0.1) is 24.1 Å². The smallest absolute Gasteiger partial charge is 0.342 e. The maximum absolute atomic E-state index is 12.1. The fourth-order valence-electron chi connectivity index (χ4n) is 2.06. The van der Waals surface area contributed by atoms with Gasteiger partial charge in [0.1, 0.15) is 10.8 Å². The number of methoxy groups -OCH3 is 1. The van der Waals surface area contributed by atoms with Crippen LogP contribution in [0.1, 0.15) is 24.2 Å². The molecule has 1 heterocycles. The Labute approximate surface area is 138 Å². The number of ether oxygens (including phenoxy) is 2. The van der Waals surface area contributed by atoms with Crippen LogP contribution >= 0.6 is 11.6 Å². The summed E-state index contributed by atoms with van der Waals surface area (Å²) in [6, 6.07) is 3.07. The van der Waals surface area contributed by atoms with Gasteiger partial charge in [-0.2, -0.15) is 0 Å². The first-order chi connectivity index (χ1) is 10.8. The molecule has 124 valence electrons. The minimum atomic E-state index is -0.988. The number of amides is 1. The molecule has 8 heteroatoms. The van der Waals surface area contributed by atoms with Crippen molar-refractivity contribution in [2.45, 2.75) is 26.1 Å². The molecule has 4 N–H and O–H groups in total. The van der Waals surface area contributed by atoms with E-state index >= 15 is 0 Å². The summed E-state index contributed by atoms with van der Waals surface area (Å²) in [5.41, 5.74) is 6.53. The number of nitrogens with two attached hydrogens (primary N) is 1. The number of anilines is 1. The highest BCUT2D eigenvalue weighted by atomic mass is 35.5. The van der Waals surface area contributed by atoms with E-state index in [-0.39, 0.29) is 28.2 Å². The van der Waals surface area contributed by atoms with Crippen LogP contribution < -0.4 is 21.1 Å². The molecule has 0 fully saturated rings. The minimum Gasteiger partial charge on any atom is -0.495 e. The second kappa shape index (κ2) is 6.78. The third-order valence-corrected chi connectivity index (χ3v) is 3.45. The van der Waals surface area contributed by atoms with E-state index in [2.05, 4.69) is 10.6 Å². The summed E-state index contributed by atoms with van der Waals surface area (Å²) in [6.07, 6.45) is 0.182. The number of esters is 1. The summed E-state index contributed by atoms with van der Waals surface area (Å²) in [5.74, 6) is -0.557. The van der Waals surface area contributed by atoms with Crippen molar-refractivity contribution in [3.63, 3.8) is 0 Å². The summed E-state index contributed by atoms with van der Waals surface area (Å²) in [7, 11) is 1.47. The fraction of sp³-hybridized carbons (Fsp3) is 0.333. The number of rotatable bonds is 4. The first-order valence-electron chi connectivity index (χ1n) is 6.95. The zero-order valence-electron chi connectivity index (χ0n) is 13.0. The number of fused-ring (bicyclic) bond motifs is 1. The number of nitrogens with one attached hydrogen (secondary N) is 2. The van der Waals surface area contributed by atoms with Gasteiger partial charge < -0.3 is 25.8 Å². The van der Waals surface area contributed by atoms with Gasteiger partial charge in [-0.15, -0.1) is 0 Å². The zero-order chi connectivity index (χ0) is 17.1. The molecule has 1 unspecified atom stereocenters. The summed E-state index contributed by atoms with van der Waals surface area (Å²) in [6.45, 7) is 3.65. The molecular weight excluding hydrogens is 322 g/mol. The number of hydrogen-bond acceptors (Lipinski definition) is 6. The van der Waals surface area contributed by atoms with Crippen molar-refractivity contribution in [3.05, 3.63) is 34.5 Å². The lowest BCUT2D eigenvalue weighted by Gasteiger charge is -2.28. The van der Waals surface area contributed by atoms with Gasteiger partial charge in [0.15, 0.2) is 0 Å². The molecule has 0 aliphatic carbocycles. The van der Waals surface area contributed by atoms with Crippen LogP contribution in [0, 0.1) is 0 Å². The molecule has 2 rings (SSSR count). The van der Waals surface area contributed by atoms with Crippen LogP contribution in [0.15, 0.2) is 23.9 Å². The largest absolute Gasteiger partial charge is 0.495 e. The first-order valence-corrected chi connectivity index (χ1v) is 7.32. The van der Waals surface area contributed by atoms with E-state index < -0.39 is 12.2 Å². The molecule has 0 spiro atoms. The molecule has 0 saturated heterocycles. The highest BCUT2D eigenvalue weighted by molar-refractivity contribution is 6.35. The van der Waals surface area contributed by atoms with E-state index in [1.807, 2.05) is 13.8 Å². The summed E-state index contributed by atoms with van der Waals surface area (Å²) < 4.78 is 10.3. The average molecular weight is 340 g/mol. The molecule has 1 aromatic rings. The third kappa shape index (κ3) is 3.68. The maximum atomic E-state index is 12.1. The van der Waals surface area contributed by atoms with Crippen molar-refractivity contribution in [1.29, 1.82) is 0 Å². The van der Waals surface area contributed by atoms with E-state index in [9.17, 15) is 9.59 Å². The summed E-state index contributed by atoms with van der Waals surface area (Å²) in [4.78, 5) is 23.8. The molecule has 0 aromatic heterocycles. The van der Waals surface area contributed by atoms with Crippen molar-refractivity contribution in [1.82, 2.24) is 5.32 Å². The first kappa shape index (κ1) is 17.0. The molecular formula is C15H18ClN3O4. The fourth-order valence-corrected chi connectivity index (χ4v) is 2.36. The monoisotopic (exact) mass is 339 g/mol. The lowest BCUT2D eigenvalue weighted by molar-refractivity contribution is -0.117. The second-order valence-electron chi connectivity index (χ2n) is 5.24. The minimum absolute atomic E-state index is 0.0344. The van der Waals surface area contributed by atoms with Crippen LogP contribution in [-0.4, -0.2) is 31.3 Å². The number of benzene rings is 1. The van der Waals surface area contributed by atoms with Gasteiger partial charge in [0.2, 0.25) is 12.1 Å². The number of cyclic esters (lactones) is 1. The molecule has 1 atom stereocenters. The average Bonchev–Trinajstić information content (AvgIpc) is 2.47. The van der Waals surface area contributed by atoms with Gasteiger partial charge in [0.25, 0.3) is 0 Å². The third-order valence-electron chi connectivity index (χ3n) is 3.08. The predicted molar refractivity (Wildman–Crippen MR) is 86.4 cm³/mol. The molecule has 1 aliphatic rings. The van der Waals surface area contributed by atoms with Gasteiger partial charge >= 0.3 is 5.97 Å². The quantitative estimate of drug-likeness (QED) is 0.569. The molecule has 0 bridgehead atoms. The SMILES string of the molecule is COc1ccc2c(c1Cl)NC(C(N)=CC(=O)NC(C)C)OC2=O. The Bertz CT molecular complexity index is 673. The summed E-state index contributed by atoms with van der Waals surface area (Å²) in [5, 5.41) is 5.81. The second-order valence-corrected chi connectivity index (χ2v) is 5.62. The molecule has 0 radical (unpaired) electrons. The van der Waals surface area contributed by atoms with Gasteiger partial charge in [-0.25, -0.2) is 4.79 Å². The Morgan fingerprint density at radius 2 is 2.22 bits per heavy atom. The van der Waals surface area contributed by atoms with Crippen LogP contribution in [0.2, 0.25) is 5.02 Å². The van der Waals surface area contributed by atoms with Gasteiger partial charge in [-0.3, -0.25) is 4.79 Å². The molecule has 7 nitrogen and oxygen atoms in total. The lowest BCUT2D eigenvalue weighted by atomic mass is 10.1. The van der Waals surface area contributed by atoms with Crippen LogP contribution in [-0.2, 0) is 9.53 Å². The van der Waals surface area contributed by atoms with Crippen molar-refractivity contribution < 1.29 is 19.1 Å². The van der Waals surface area contributed by atoms with Crippen molar-refractivity contribution >= 4 is 29.2 Å². The van der Waals surface area contributed by atoms with Crippen LogP contribution in [0.25, 0.3) is 0 Å². The van der Waals surface area contributed by atoms with Gasteiger partial charge in [-0.1, -0.05) is 11.6 Å². The zero-order valence-corrected chi connectivity index (χ0v) is 13.7. The molecule has 23 heavy (non-hydrogen) atoms. The number of hydrogen-bond donors (Lipinski definition) is 3. The van der Waals surface area contributed by atoms with Crippen molar-refractivity contribution in [3.8, 4) is 5.75 Å². The van der Waals surface area contributed by atoms with Crippen LogP contribution in [0.5, 0.6) is 5.75 Å². The normalized spacial score (nSPS) is 17.2. The van der Waals surface area contributed by atoms with E-state index in [1.54, 1.807) is 6.07 Å². The van der Waals surface area contributed by atoms with Crippen molar-refractivity contribution in [2.24, 2.45) is 5.73 Å². The topological polar surface area (TPSA) is 103 Å². The highest BCUT2D eigenvalue weighted by Crippen LogP contribution is 2.38. The van der Waals surface area contributed by atoms with E-state index in [0.717, 1.165) is 0 Å². The number of carbonyl (C=O) groups excluding carboxylic acids is 2. The standard InChI is InChI=1S/C15H18ClN3O4/c1-7(2)18-11(20)6-9(17)14-19-13-8(15(21)23-14)4-5-10(22-3)12(13)16/h4-7,14,19H,17H2,1-3H3,(H,18,20). The maximum Gasteiger partial charge on any atom is 0.342 e. The van der Waals surface area contributed by atoms with Crippen LogP contribution in [0.3, 0.4) is 0 Å². The Hall–Kier alpha value is -2.41. The van der Waals surface area contributed by atoms with Crippen LogP contribution in [0.4, 0.5) is 5.69 Å². The molecule has 1 aromatic carbocycles. The van der Waals surface area contributed by atoms with E-state index in [0.29, 0.717) is 11.4 Å². The predicted octanol–water partition coefficient (Wildman–Crippen LogP) is 1.62. The Balaban J connectivity index is 2.27. The Morgan fingerprint density at radius 1 is 1.52 bits per heavy atom. The van der Waals surface area contributed by atoms with Crippen molar-refractivity contribution in [2.75, 3.05) is 12.4 Å². The van der Waals surface area contributed by atoms with Gasteiger partial charge in [-0.05, 0) is 26.0 Å². The van der Waals surface area contributed by atoms with E-state index in [1.165, 1.54) is 19.3 Å². The molecule has 1 aliphatic heterocycles. The molecule has 1 amide bonds. The summed E-state index contributed by atoms with van der Waals surface area (Å²) >= 11 is 6.20. The Kier molecular flexibility index (Phi) is 5.00.